The zero-order valence-corrected chi connectivity index (χ0v) is 16.8. The molecular formula is C22H23N3O5. The van der Waals surface area contributed by atoms with Gasteiger partial charge in [0.2, 0.25) is 5.91 Å². The lowest BCUT2D eigenvalue weighted by Gasteiger charge is -2.45. The summed E-state index contributed by atoms with van der Waals surface area (Å²) in [7, 11) is 0. The first-order valence-electron chi connectivity index (χ1n) is 9.85. The summed E-state index contributed by atoms with van der Waals surface area (Å²) in [6.07, 6.45) is 2.00. The number of carbonyl (C=O) groups excluding carboxylic acids is 1. The van der Waals surface area contributed by atoms with Gasteiger partial charge < -0.3 is 14.7 Å². The molecule has 2 aliphatic heterocycles. The second-order valence-corrected chi connectivity index (χ2v) is 8.11. The van der Waals surface area contributed by atoms with Crippen molar-refractivity contribution >= 4 is 23.5 Å². The van der Waals surface area contributed by atoms with Crippen LogP contribution in [-0.2, 0) is 4.79 Å². The van der Waals surface area contributed by atoms with Gasteiger partial charge in [-0.15, -0.1) is 0 Å². The number of hydrogen-bond donors (Lipinski definition) is 1. The lowest BCUT2D eigenvalue weighted by Crippen LogP contribution is -2.53. The zero-order valence-electron chi connectivity index (χ0n) is 16.8. The number of likely N-dealkylation sites (tertiary alicyclic amines) is 1. The number of rotatable bonds is 4. The summed E-state index contributed by atoms with van der Waals surface area (Å²) in [5, 5.41) is 21.8. The Morgan fingerprint density at radius 3 is 2.63 bits per heavy atom. The highest BCUT2D eigenvalue weighted by Gasteiger charge is 2.47. The number of ether oxygens (including phenoxy) is 1. The van der Waals surface area contributed by atoms with Gasteiger partial charge in [-0.2, -0.15) is 0 Å². The summed E-state index contributed by atoms with van der Waals surface area (Å²) in [6, 6.07) is 11.0. The molecule has 0 radical (unpaired) electrons. The molecule has 2 aliphatic rings. The van der Waals surface area contributed by atoms with E-state index in [1.807, 2.05) is 19.9 Å². The lowest BCUT2D eigenvalue weighted by atomic mass is 9.85. The van der Waals surface area contributed by atoms with Crippen molar-refractivity contribution in [2.24, 2.45) is 4.99 Å². The summed E-state index contributed by atoms with van der Waals surface area (Å²) in [6.45, 7) is 4.23. The molecule has 1 saturated heterocycles. The maximum absolute atomic E-state index is 12.4. The number of non-ortho nitro benzene ring substituents is 1. The van der Waals surface area contributed by atoms with Gasteiger partial charge in [0, 0.05) is 36.9 Å². The second-order valence-electron chi connectivity index (χ2n) is 8.11. The molecule has 2 aromatic carbocycles. The van der Waals surface area contributed by atoms with Crippen LogP contribution < -0.4 is 4.74 Å². The molecule has 1 unspecified atom stereocenters. The van der Waals surface area contributed by atoms with E-state index in [2.05, 4.69) is 4.99 Å². The molecule has 0 spiro atoms. The van der Waals surface area contributed by atoms with Crippen LogP contribution in [0.3, 0.4) is 0 Å². The summed E-state index contributed by atoms with van der Waals surface area (Å²) in [5.41, 5.74) is 1.29. The topological polar surface area (TPSA) is 105 Å². The molecule has 2 heterocycles. The molecule has 0 bridgehead atoms. The first-order valence-corrected chi connectivity index (χ1v) is 9.85. The molecule has 4 rings (SSSR count). The van der Waals surface area contributed by atoms with Gasteiger partial charge in [-0.3, -0.25) is 19.9 Å². The Balaban J connectivity index is 1.66. The van der Waals surface area contributed by atoms with E-state index >= 15 is 0 Å². The molecule has 30 heavy (non-hydrogen) atoms. The van der Waals surface area contributed by atoms with Crippen LogP contribution in [0.4, 0.5) is 11.4 Å². The van der Waals surface area contributed by atoms with Crippen molar-refractivity contribution in [3.05, 3.63) is 63.7 Å². The van der Waals surface area contributed by atoms with Gasteiger partial charge in [-0.25, -0.2) is 0 Å². The van der Waals surface area contributed by atoms with E-state index in [0.29, 0.717) is 24.4 Å². The third kappa shape index (κ3) is 3.66. The van der Waals surface area contributed by atoms with Crippen molar-refractivity contribution < 1.29 is 19.6 Å². The first kappa shape index (κ1) is 20.0. The van der Waals surface area contributed by atoms with Crippen LogP contribution in [0.2, 0.25) is 0 Å². The maximum atomic E-state index is 12.4. The van der Waals surface area contributed by atoms with Gasteiger partial charge in [0.15, 0.2) is 0 Å². The minimum Gasteiger partial charge on any atom is -0.485 e. The van der Waals surface area contributed by atoms with E-state index in [9.17, 15) is 20.0 Å². The Bertz CT molecular complexity index is 1020. The zero-order chi connectivity index (χ0) is 21.5. The van der Waals surface area contributed by atoms with Gasteiger partial charge in [0.1, 0.15) is 17.5 Å². The molecule has 0 aromatic heterocycles. The van der Waals surface area contributed by atoms with Crippen molar-refractivity contribution in [1.82, 2.24) is 4.90 Å². The molecule has 1 fully saturated rings. The molecule has 0 saturated carbocycles. The number of carbonyl (C=O) groups is 1. The number of hydrogen-bond acceptors (Lipinski definition) is 6. The van der Waals surface area contributed by atoms with E-state index < -0.39 is 22.7 Å². The molecule has 8 nitrogen and oxygen atoms in total. The van der Waals surface area contributed by atoms with Crippen LogP contribution in [-0.4, -0.2) is 45.3 Å². The molecule has 1 amide bonds. The second kappa shape index (κ2) is 7.53. The number of benzene rings is 2. The predicted molar refractivity (Wildman–Crippen MR) is 111 cm³/mol. The normalized spacial score (nSPS) is 22.8. The van der Waals surface area contributed by atoms with Gasteiger partial charge in [0.05, 0.1) is 16.7 Å². The number of fused-ring (bicyclic) bond motifs is 1. The summed E-state index contributed by atoms with van der Waals surface area (Å²) in [4.78, 5) is 28.9. The number of nitrogens with zero attached hydrogens (tertiary/aromatic N) is 3. The van der Waals surface area contributed by atoms with Crippen LogP contribution in [0.5, 0.6) is 5.75 Å². The Morgan fingerprint density at radius 2 is 2.00 bits per heavy atom. The van der Waals surface area contributed by atoms with Crippen LogP contribution in [0.25, 0.3) is 0 Å². The standard InChI is InChI=1S/C22H23N3O5/c1-22(2)21(27)20(24-11-3-4-19(24)26)17-12-15(7-10-18(17)30-22)23-13-14-5-8-16(9-6-14)25(28)29/h5-10,12-13,20-21,27H,3-4,11H2,1-2H3/t20?,21-/m0/s1. The monoisotopic (exact) mass is 409 g/mol. The third-order valence-corrected chi connectivity index (χ3v) is 5.61. The minimum absolute atomic E-state index is 0.0211. The number of aliphatic imine (C=N–C) groups is 1. The van der Waals surface area contributed by atoms with Gasteiger partial charge in [0.25, 0.3) is 5.69 Å². The third-order valence-electron chi connectivity index (χ3n) is 5.61. The SMILES string of the molecule is CC1(C)Oc2ccc(N=Cc3ccc([N+](=O)[O-])cc3)cc2C(N2CCCC2=O)[C@@H]1O. The molecule has 156 valence electrons. The van der Waals surface area contributed by atoms with Crippen molar-refractivity contribution in [2.45, 2.75) is 44.4 Å². The first-order chi connectivity index (χ1) is 14.3. The van der Waals surface area contributed by atoms with E-state index in [1.54, 1.807) is 35.4 Å². The van der Waals surface area contributed by atoms with Crippen LogP contribution in [0, 0.1) is 10.1 Å². The fourth-order valence-electron chi connectivity index (χ4n) is 3.97. The predicted octanol–water partition coefficient (Wildman–Crippen LogP) is 3.54. The smallest absolute Gasteiger partial charge is 0.269 e. The van der Waals surface area contributed by atoms with Crippen molar-refractivity contribution in [3.63, 3.8) is 0 Å². The van der Waals surface area contributed by atoms with Crippen molar-refractivity contribution in [3.8, 4) is 5.75 Å². The molecule has 8 heteroatoms. The Morgan fingerprint density at radius 1 is 1.27 bits per heavy atom. The molecule has 0 aliphatic carbocycles. The number of amides is 1. The number of nitro benzene ring substituents is 1. The highest BCUT2D eigenvalue weighted by molar-refractivity contribution is 5.82. The number of aliphatic hydroxyl groups excluding tert-OH is 1. The molecule has 1 N–H and O–H groups in total. The van der Waals surface area contributed by atoms with E-state index in [-0.39, 0.29) is 11.6 Å². The number of nitro groups is 1. The highest BCUT2D eigenvalue weighted by atomic mass is 16.6. The van der Waals surface area contributed by atoms with E-state index in [1.165, 1.54) is 12.1 Å². The molecular weight excluding hydrogens is 386 g/mol. The maximum Gasteiger partial charge on any atom is 0.269 e. The number of aliphatic hydroxyl groups is 1. The minimum atomic E-state index is -0.874. The average molecular weight is 409 g/mol. The van der Waals surface area contributed by atoms with Crippen LogP contribution in [0.15, 0.2) is 47.5 Å². The quantitative estimate of drug-likeness (QED) is 0.472. The van der Waals surface area contributed by atoms with Gasteiger partial charge in [-0.1, -0.05) is 0 Å². The van der Waals surface area contributed by atoms with Gasteiger partial charge in [-0.05, 0) is 56.2 Å². The van der Waals surface area contributed by atoms with Gasteiger partial charge >= 0.3 is 0 Å². The Kier molecular flexibility index (Phi) is 5.03. The highest BCUT2D eigenvalue weighted by Crippen LogP contribution is 2.45. The lowest BCUT2D eigenvalue weighted by molar-refractivity contribution is -0.384. The van der Waals surface area contributed by atoms with E-state index in [4.69, 9.17) is 4.74 Å². The average Bonchev–Trinajstić information content (AvgIpc) is 3.13. The fraction of sp³-hybridized carbons (Fsp3) is 0.364. The Labute approximate surface area is 174 Å². The summed E-state index contributed by atoms with van der Waals surface area (Å²) < 4.78 is 6.01. The summed E-state index contributed by atoms with van der Waals surface area (Å²) >= 11 is 0. The molecule has 2 atom stereocenters. The van der Waals surface area contributed by atoms with E-state index in [0.717, 1.165) is 17.5 Å². The largest absolute Gasteiger partial charge is 0.485 e. The van der Waals surface area contributed by atoms with Crippen LogP contribution in [0.1, 0.15) is 43.9 Å². The summed E-state index contributed by atoms with van der Waals surface area (Å²) in [5.74, 6) is 0.659. The fourth-order valence-corrected chi connectivity index (χ4v) is 3.97. The Hall–Kier alpha value is -3.26. The van der Waals surface area contributed by atoms with Crippen molar-refractivity contribution in [1.29, 1.82) is 0 Å². The molecule has 2 aromatic rings. The van der Waals surface area contributed by atoms with Crippen LogP contribution >= 0.6 is 0 Å². The van der Waals surface area contributed by atoms with Crippen molar-refractivity contribution in [2.75, 3.05) is 6.54 Å².